The largest absolute Gasteiger partial charge is 0.134 e. The lowest BCUT2D eigenvalue weighted by Gasteiger charge is -2.05. The minimum Gasteiger partial charge on any atom is -0.134 e. The quantitative estimate of drug-likeness (QED) is 0.225. The molecule has 6 aromatic carbocycles. The Kier molecular flexibility index (Phi) is 4.36. The third-order valence-electron chi connectivity index (χ3n) is 7.25. The Labute approximate surface area is 216 Å². The predicted octanol–water partition coefficient (Wildman–Crippen LogP) is 10.9. The van der Waals surface area contributed by atoms with E-state index in [-0.39, 0.29) is 0 Å². The summed E-state index contributed by atoms with van der Waals surface area (Å²) in [5.41, 5.74) is 5.12. The van der Waals surface area contributed by atoms with Crippen molar-refractivity contribution < 1.29 is 0 Å². The van der Waals surface area contributed by atoms with Crippen molar-refractivity contribution in [3.63, 3.8) is 0 Å². The van der Waals surface area contributed by atoms with Gasteiger partial charge < -0.3 is 0 Å². The van der Waals surface area contributed by atoms with E-state index < -0.39 is 0 Å². The van der Waals surface area contributed by atoms with Crippen LogP contribution in [-0.4, -0.2) is 0 Å². The Balaban J connectivity index is 1.23. The van der Waals surface area contributed by atoms with Crippen molar-refractivity contribution in [1.29, 1.82) is 0 Å². The van der Waals surface area contributed by atoms with Crippen LogP contribution in [0.5, 0.6) is 0 Å². The Morgan fingerprint density at radius 3 is 1.19 bits per heavy atom. The first-order valence-electron chi connectivity index (χ1n) is 12.2. The highest BCUT2D eigenvalue weighted by Gasteiger charge is 2.14. The van der Waals surface area contributed by atoms with E-state index in [1.54, 1.807) is 0 Å². The summed E-state index contributed by atoms with van der Waals surface area (Å²) in [6.07, 6.45) is 0. The smallest absolute Gasteiger partial charge is 0.0542 e. The maximum atomic E-state index is 2.37. The number of hydrogen-bond acceptors (Lipinski definition) is 2. The maximum absolute atomic E-state index is 2.37. The lowest BCUT2D eigenvalue weighted by atomic mass is 10.0. The van der Waals surface area contributed by atoms with E-state index in [9.17, 15) is 0 Å². The second-order valence-electron chi connectivity index (χ2n) is 9.41. The topological polar surface area (TPSA) is 0 Å². The summed E-state index contributed by atoms with van der Waals surface area (Å²) < 4.78 is 5.54. The van der Waals surface area contributed by atoms with Crippen LogP contribution in [0.3, 0.4) is 0 Å². The molecule has 0 amide bonds. The van der Waals surface area contributed by atoms with E-state index >= 15 is 0 Å². The van der Waals surface area contributed by atoms with Gasteiger partial charge in [0.2, 0.25) is 0 Å². The first-order chi connectivity index (χ1) is 17.8. The van der Waals surface area contributed by atoms with Crippen molar-refractivity contribution in [2.45, 2.75) is 0 Å². The summed E-state index contributed by atoms with van der Waals surface area (Å²) in [5, 5.41) is 7.88. The lowest BCUT2D eigenvalue weighted by Crippen LogP contribution is -1.79. The molecule has 2 aromatic heterocycles. The average molecular weight is 493 g/mol. The minimum atomic E-state index is 1.28. The van der Waals surface area contributed by atoms with Crippen molar-refractivity contribution in [1.82, 2.24) is 0 Å². The van der Waals surface area contributed by atoms with E-state index in [1.165, 1.54) is 73.4 Å². The molecule has 0 radical (unpaired) electrons. The van der Waals surface area contributed by atoms with Gasteiger partial charge in [-0.3, -0.25) is 0 Å². The molecule has 0 fully saturated rings. The van der Waals surface area contributed by atoms with E-state index in [1.807, 2.05) is 22.7 Å². The molecule has 0 bridgehead atoms. The van der Waals surface area contributed by atoms with Gasteiger partial charge in [0, 0.05) is 20.2 Å². The molecule has 0 unspecified atom stereocenters. The summed E-state index contributed by atoms with van der Waals surface area (Å²) in [7, 11) is 0. The highest BCUT2D eigenvalue weighted by atomic mass is 32.1. The van der Waals surface area contributed by atoms with Gasteiger partial charge in [-0.15, -0.1) is 22.7 Å². The van der Waals surface area contributed by atoms with Crippen LogP contribution in [0.1, 0.15) is 0 Å². The molecule has 0 aliphatic carbocycles. The van der Waals surface area contributed by atoms with Gasteiger partial charge in [-0.25, -0.2) is 0 Å². The molecule has 0 spiro atoms. The van der Waals surface area contributed by atoms with Gasteiger partial charge in [-0.05, 0) is 68.1 Å². The standard InChI is InChI=1S/C34H20S2/c1-3-7-23-17-25(11-9-21(23)5-1)27-13-15-29-31(19-27)35-34-30-16-14-28(20-32(30)36-33(29)34)26-12-10-22-6-2-4-8-24(22)18-26/h1-20H. The van der Waals surface area contributed by atoms with Crippen LogP contribution in [0.25, 0.3) is 73.4 Å². The minimum absolute atomic E-state index is 1.28. The fourth-order valence-corrected chi connectivity index (χ4v) is 8.08. The molecule has 0 N–H and O–H groups in total. The monoisotopic (exact) mass is 492 g/mol. The van der Waals surface area contributed by atoms with Gasteiger partial charge in [0.05, 0.1) is 9.40 Å². The van der Waals surface area contributed by atoms with Gasteiger partial charge in [-0.1, -0.05) is 97.1 Å². The number of hydrogen-bond donors (Lipinski definition) is 0. The average Bonchev–Trinajstić information content (AvgIpc) is 3.47. The molecule has 0 saturated carbocycles. The van der Waals surface area contributed by atoms with Crippen molar-refractivity contribution in [3.05, 3.63) is 121 Å². The molecule has 0 aliphatic heterocycles. The van der Waals surface area contributed by atoms with Crippen LogP contribution in [0.2, 0.25) is 0 Å². The van der Waals surface area contributed by atoms with Crippen molar-refractivity contribution in [3.8, 4) is 22.3 Å². The molecule has 0 saturated heterocycles. The third kappa shape index (κ3) is 3.12. The second kappa shape index (κ2) is 7.76. The molecule has 8 rings (SSSR count). The van der Waals surface area contributed by atoms with Crippen molar-refractivity contribution >= 4 is 73.8 Å². The zero-order valence-corrected chi connectivity index (χ0v) is 21.0. The van der Waals surface area contributed by atoms with Gasteiger partial charge in [0.1, 0.15) is 0 Å². The van der Waals surface area contributed by atoms with Crippen LogP contribution in [0.4, 0.5) is 0 Å². The highest BCUT2D eigenvalue weighted by molar-refractivity contribution is 7.36. The van der Waals surface area contributed by atoms with Gasteiger partial charge in [0.15, 0.2) is 0 Å². The Bertz CT molecular complexity index is 1950. The fourth-order valence-electron chi connectivity index (χ4n) is 5.35. The number of fused-ring (bicyclic) bond motifs is 7. The van der Waals surface area contributed by atoms with Crippen LogP contribution < -0.4 is 0 Å². The Hall–Kier alpha value is -3.98. The normalized spacial score (nSPS) is 11.9. The first kappa shape index (κ1) is 20.2. The number of rotatable bonds is 2. The summed E-state index contributed by atoms with van der Waals surface area (Å²) in [6, 6.07) is 44.6. The van der Waals surface area contributed by atoms with Gasteiger partial charge in [-0.2, -0.15) is 0 Å². The zero-order chi connectivity index (χ0) is 23.6. The molecule has 2 heterocycles. The molecular formula is C34H20S2. The molecular weight excluding hydrogens is 473 g/mol. The van der Waals surface area contributed by atoms with Crippen LogP contribution in [0.15, 0.2) is 121 Å². The Morgan fingerprint density at radius 2 is 0.722 bits per heavy atom. The number of benzene rings is 6. The van der Waals surface area contributed by atoms with Crippen LogP contribution in [0, 0.1) is 0 Å². The molecule has 8 aromatic rings. The summed E-state index contributed by atoms with van der Waals surface area (Å²) in [4.78, 5) is 0. The molecule has 36 heavy (non-hydrogen) atoms. The molecule has 168 valence electrons. The fraction of sp³-hybridized carbons (Fsp3) is 0. The molecule has 0 atom stereocenters. The van der Waals surface area contributed by atoms with E-state index in [0.717, 1.165) is 0 Å². The van der Waals surface area contributed by atoms with Gasteiger partial charge >= 0.3 is 0 Å². The highest BCUT2D eigenvalue weighted by Crippen LogP contribution is 2.46. The third-order valence-corrected chi connectivity index (χ3v) is 9.75. The summed E-state index contributed by atoms with van der Waals surface area (Å²) in [6.45, 7) is 0. The summed E-state index contributed by atoms with van der Waals surface area (Å²) in [5.74, 6) is 0. The van der Waals surface area contributed by atoms with Crippen molar-refractivity contribution in [2.75, 3.05) is 0 Å². The lowest BCUT2D eigenvalue weighted by molar-refractivity contribution is 1.69. The van der Waals surface area contributed by atoms with Gasteiger partial charge in [0.25, 0.3) is 0 Å². The molecule has 0 aliphatic rings. The predicted molar refractivity (Wildman–Crippen MR) is 161 cm³/mol. The van der Waals surface area contributed by atoms with Crippen LogP contribution in [-0.2, 0) is 0 Å². The number of thiophene rings is 2. The van der Waals surface area contributed by atoms with E-state index in [4.69, 9.17) is 0 Å². The molecule has 2 heteroatoms. The maximum Gasteiger partial charge on any atom is 0.0542 e. The first-order valence-corrected chi connectivity index (χ1v) is 13.8. The Morgan fingerprint density at radius 1 is 0.333 bits per heavy atom. The molecule has 0 nitrogen and oxygen atoms in total. The SMILES string of the molecule is c1ccc2cc(-c3ccc4c(c3)sc3c5ccc(-c6ccc7ccccc7c6)cc5sc43)ccc2c1. The van der Waals surface area contributed by atoms with E-state index in [2.05, 4.69) is 121 Å². The van der Waals surface area contributed by atoms with Crippen LogP contribution >= 0.6 is 22.7 Å². The summed E-state index contributed by atoms with van der Waals surface area (Å²) >= 11 is 3.85. The zero-order valence-electron chi connectivity index (χ0n) is 19.4. The van der Waals surface area contributed by atoms with Crippen molar-refractivity contribution in [2.24, 2.45) is 0 Å². The second-order valence-corrected chi connectivity index (χ2v) is 11.5. The van der Waals surface area contributed by atoms with E-state index in [0.29, 0.717) is 0 Å².